The minimum atomic E-state index is -4.35. The average molecular weight is 307 g/mol. The second-order valence-corrected chi connectivity index (χ2v) is 5.95. The molecule has 108 valence electrons. The number of benzene rings is 2. The van der Waals surface area contributed by atoms with Crippen LogP contribution in [0.5, 0.6) is 0 Å². The fourth-order valence-corrected chi connectivity index (χ4v) is 3.65. The lowest BCUT2D eigenvalue weighted by Gasteiger charge is -2.13. The highest BCUT2D eigenvalue weighted by molar-refractivity contribution is 7.21. The Morgan fingerprint density at radius 1 is 1.05 bits per heavy atom. The SMILES string of the molecule is Cc1cc2sc(-c3ccccc3)nc2c(C)c1C(F)(F)F. The summed E-state index contributed by atoms with van der Waals surface area (Å²) in [5, 5.41) is 0.743. The molecule has 3 rings (SSSR count). The number of hydrogen-bond donors (Lipinski definition) is 0. The molecule has 0 radical (unpaired) electrons. The van der Waals surface area contributed by atoms with Crippen molar-refractivity contribution in [3.63, 3.8) is 0 Å². The van der Waals surface area contributed by atoms with Gasteiger partial charge >= 0.3 is 6.18 Å². The van der Waals surface area contributed by atoms with E-state index in [0.29, 0.717) is 5.52 Å². The van der Waals surface area contributed by atoms with Gasteiger partial charge in [-0.2, -0.15) is 13.2 Å². The number of halogens is 3. The molecule has 5 heteroatoms. The zero-order valence-corrected chi connectivity index (χ0v) is 12.3. The molecular formula is C16H12F3NS. The Labute approximate surface area is 124 Å². The fraction of sp³-hybridized carbons (Fsp3) is 0.188. The highest BCUT2D eigenvalue weighted by Gasteiger charge is 2.35. The molecule has 2 aromatic carbocycles. The molecule has 0 aliphatic carbocycles. The van der Waals surface area contributed by atoms with Crippen LogP contribution in [0.25, 0.3) is 20.8 Å². The van der Waals surface area contributed by atoms with Gasteiger partial charge in [0.2, 0.25) is 0 Å². The van der Waals surface area contributed by atoms with Gasteiger partial charge < -0.3 is 0 Å². The van der Waals surface area contributed by atoms with Crippen molar-refractivity contribution >= 4 is 21.6 Å². The van der Waals surface area contributed by atoms with Gasteiger partial charge in [-0.3, -0.25) is 0 Å². The van der Waals surface area contributed by atoms with Crippen molar-refractivity contribution in [1.82, 2.24) is 4.98 Å². The highest BCUT2D eigenvalue weighted by Crippen LogP contribution is 2.40. The maximum absolute atomic E-state index is 13.1. The summed E-state index contributed by atoms with van der Waals surface area (Å²) >= 11 is 1.42. The van der Waals surface area contributed by atoms with E-state index in [1.807, 2.05) is 30.3 Å². The van der Waals surface area contributed by atoms with Gasteiger partial charge in [-0.05, 0) is 31.0 Å². The first-order valence-electron chi connectivity index (χ1n) is 6.41. The number of hydrogen-bond acceptors (Lipinski definition) is 2. The molecule has 0 aliphatic rings. The summed E-state index contributed by atoms with van der Waals surface area (Å²) in [7, 11) is 0. The summed E-state index contributed by atoms with van der Waals surface area (Å²) in [6.45, 7) is 2.99. The lowest BCUT2D eigenvalue weighted by atomic mass is 10.0. The molecule has 0 unspecified atom stereocenters. The molecule has 0 saturated carbocycles. The molecule has 1 heterocycles. The Morgan fingerprint density at radius 2 is 1.71 bits per heavy atom. The summed E-state index contributed by atoms with van der Waals surface area (Å²) in [4.78, 5) is 4.42. The summed E-state index contributed by atoms with van der Waals surface area (Å²) in [5.74, 6) is 0. The third kappa shape index (κ3) is 2.42. The van der Waals surface area contributed by atoms with Crippen molar-refractivity contribution in [3.8, 4) is 10.6 Å². The van der Waals surface area contributed by atoms with E-state index in [9.17, 15) is 13.2 Å². The van der Waals surface area contributed by atoms with E-state index >= 15 is 0 Å². The molecule has 21 heavy (non-hydrogen) atoms. The Hall–Kier alpha value is -1.88. The molecule has 0 spiro atoms. The van der Waals surface area contributed by atoms with Crippen LogP contribution in [0.1, 0.15) is 16.7 Å². The first-order valence-corrected chi connectivity index (χ1v) is 7.23. The quantitative estimate of drug-likeness (QED) is 0.570. The van der Waals surface area contributed by atoms with E-state index < -0.39 is 11.7 Å². The summed E-state index contributed by atoms with van der Waals surface area (Å²) in [5.41, 5.74) is 1.24. The number of aromatic nitrogens is 1. The largest absolute Gasteiger partial charge is 0.416 e. The Kier molecular flexibility index (Phi) is 3.24. The van der Waals surface area contributed by atoms with Crippen molar-refractivity contribution in [2.24, 2.45) is 0 Å². The Morgan fingerprint density at radius 3 is 2.33 bits per heavy atom. The van der Waals surface area contributed by atoms with Crippen LogP contribution in [0.2, 0.25) is 0 Å². The van der Waals surface area contributed by atoms with Crippen molar-refractivity contribution in [1.29, 1.82) is 0 Å². The number of rotatable bonds is 1. The van der Waals surface area contributed by atoms with Crippen molar-refractivity contribution in [2.75, 3.05) is 0 Å². The molecule has 1 aromatic heterocycles. The van der Waals surface area contributed by atoms with Gasteiger partial charge in [0.1, 0.15) is 5.01 Å². The molecule has 1 nitrogen and oxygen atoms in total. The first kappa shape index (κ1) is 14.1. The van der Waals surface area contributed by atoms with E-state index in [4.69, 9.17) is 0 Å². The van der Waals surface area contributed by atoms with Crippen molar-refractivity contribution in [2.45, 2.75) is 20.0 Å². The second-order valence-electron chi connectivity index (χ2n) is 4.92. The van der Waals surface area contributed by atoms with Gasteiger partial charge in [0, 0.05) is 5.56 Å². The molecule has 0 N–H and O–H groups in total. The van der Waals surface area contributed by atoms with Crippen LogP contribution in [-0.4, -0.2) is 4.98 Å². The molecule has 0 saturated heterocycles. The molecule has 0 amide bonds. The van der Waals surface area contributed by atoms with Crippen LogP contribution in [-0.2, 0) is 6.18 Å². The van der Waals surface area contributed by atoms with E-state index in [-0.39, 0.29) is 11.1 Å². The van der Waals surface area contributed by atoms with E-state index in [1.165, 1.54) is 25.2 Å². The van der Waals surface area contributed by atoms with Crippen LogP contribution in [0.15, 0.2) is 36.4 Å². The highest BCUT2D eigenvalue weighted by atomic mass is 32.1. The zero-order valence-electron chi connectivity index (χ0n) is 11.5. The minimum Gasteiger partial charge on any atom is -0.236 e. The van der Waals surface area contributed by atoms with E-state index in [1.54, 1.807) is 6.07 Å². The van der Waals surface area contributed by atoms with Gasteiger partial charge in [-0.25, -0.2) is 4.98 Å². The molecule has 3 aromatic rings. The molecule has 0 aliphatic heterocycles. The van der Waals surface area contributed by atoms with Gasteiger partial charge in [0.25, 0.3) is 0 Å². The van der Waals surface area contributed by atoms with Gasteiger partial charge in [0.05, 0.1) is 15.8 Å². The second kappa shape index (κ2) is 4.84. The van der Waals surface area contributed by atoms with Crippen molar-refractivity contribution < 1.29 is 13.2 Å². The maximum atomic E-state index is 13.1. The number of nitrogens with zero attached hydrogens (tertiary/aromatic N) is 1. The lowest BCUT2D eigenvalue weighted by molar-refractivity contribution is -0.138. The van der Waals surface area contributed by atoms with Crippen LogP contribution in [0.3, 0.4) is 0 Å². The molecule has 0 atom stereocenters. The van der Waals surface area contributed by atoms with Crippen LogP contribution < -0.4 is 0 Å². The lowest BCUT2D eigenvalue weighted by Crippen LogP contribution is -2.10. The Balaban J connectivity index is 2.26. The average Bonchev–Trinajstić information content (AvgIpc) is 2.82. The molecule has 0 bridgehead atoms. The Bertz CT molecular complexity index is 804. The number of aryl methyl sites for hydroxylation is 2. The van der Waals surface area contributed by atoms with E-state index in [2.05, 4.69) is 4.98 Å². The molecule has 0 fully saturated rings. The van der Waals surface area contributed by atoms with Crippen LogP contribution in [0.4, 0.5) is 13.2 Å². The van der Waals surface area contributed by atoms with Crippen LogP contribution in [0, 0.1) is 13.8 Å². The standard InChI is InChI=1S/C16H12F3NS/c1-9-8-12-14(10(2)13(9)16(17,18)19)20-15(21-12)11-6-4-3-5-7-11/h3-8H,1-2H3. The zero-order chi connectivity index (χ0) is 15.2. The smallest absolute Gasteiger partial charge is 0.236 e. The van der Waals surface area contributed by atoms with Crippen LogP contribution >= 0.6 is 11.3 Å². The first-order chi connectivity index (χ1) is 9.88. The number of fused-ring (bicyclic) bond motifs is 1. The number of alkyl halides is 3. The van der Waals surface area contributed by atoms with Gasteiger partial charge in [-0.1, -0.05) is 30.3 Å². The fourth-order valence-electron chi connectivity index (χ4n) is 2.52. The maximum Gasteiger partial charge on any atom is 0.416 e. The summed E-state index contributed by atoms with van der Waals surface area (Å²) in [6.07, 6.45) is -4.35. The minimum absolute atomic E-state index is 0.205. The van der Waals surface area contributed by atoms with Gasteiger partial charge in [-0.15, -0.1) is 11.3 Å². The van der Waals surface area contributed by atoms with E-state index in [0.717, 1.165) is 15.3 Å². The predicted octanol–water partition coefficient (Wildman–Crippen LogP) is 5.60. The normalized spacial score (nSPS) is 12.0. The topological polar surface area (TPSA) is 12.9 Å². The third-order valence-electron chi connectivity index (χ3n) is 3.43. The summed E-state index contributed by atoms with van der Waals surface area (Å²) in [6, 6.07) is 11.1. The van der Waals surface area contributed by atoms with Crippen molar-refractivity contribution in [3.05, 3.63) is 53.1 Å². The number of thiazole rings is 1. The summed E-state index contributed by atoms with van der Waals surface area (Å²) < 4.78 is 40.2. The predicted molar refractivity (Wildman–Crippen MR) is 79.5 cm³/mol. The third-order valence-corrected chi connectivity index (χ3v) is 4.48. The monoisotopic (exact) mass is 307 g/mol. The molecular weight excluding hydrogens is 295 g/mol. The van der Waals surface area contributed by atoms with Gasteiger partial charge in [0.15, 0.2) is 0 Å².